The Labute approximate surface area is 96.4 Å². The highest BCUT2D eigenvalue weighted by molar-refractivity contribution is 5.54. The molecule has 0 spiro atoms. The van der Waals surface area contributed by atoms with E-state index >= 15 is 0 Å². The topological polar surface area (TPSA) is 41.3 Å². The minimum atomic E-state index is -0.301. The van der Waals surface area contributed by atoms with Crippen molar-refractivity contribution in [2.75, 3.05) is 37.2 Å². The highest BCUT2D eigenvalue weighted by Crippen LogP contribution is 2.14. The molecule has 0 amide bonds. The molecule has 0 radical (unpaired) electrons. The molecule has 3 N–H and O–H groups in total. The summed E-state index contributed by atoms with van der Waals surface area (Å²) in [6.45, 7) is 8.06. The van der Waals surface area contributed by atoms with Crippen molar-refractivity contribution in [1.29, 1.82) is 0 Å². The molecule has 0 aromatic heterocycles. The van der Waals surface area contributed by atoms with Crippen molar-refractivity contribution in [3.8, 4) is 0 Å². The minimum Gasteiger partial charge on any atom is -0.399 e. The fourth-order valence-electron chi connectivity index (χ4n) is 1.61. The first-order valence-corrected chi connectivity index (χ1v) is 5.68. The van der Waals surface area contributed by atoms with Crippen LogP contribution in [-0.2, 0) is 0 Å². The van der Waals surface area contributed by atoms with Gasteiger partial charge >= 0.3 is 0 Å². The molecule has 0 saturated carbocycles. The molecule has 3 nitrogen and oxygen atoms in total. The lowest BCUT2D eigenvalue weighted by atomic mass is 10.2. The monoisotopic (exact) mass is 225 g/mol. The van der Waals surface area contributed by atoms with Gasteiger partial charge in [-0.2, -0.15) is 0 Å². The number of halogens is 1. The van der Waals surface area contributed by atoms with Crippen molar-refractivity contribution in [1.82, 2.24) is 4.90 Å². The number of nitrogens with one attached hydrogen (secondary N) is 1. The fraction of sp³-hybridized carbons (Fsp3) is 0.500. The second-order valence-corrected chi connectivity index (χ2v) is 3.73. The van der Waals surface area contributed by atoms with E-state index in [0.29, 0.717) is 5.69 Å². The lowest BCUT2D eigenvalue weighted by molar-refractivity contribution is 0.316. The summed E-state index contributed by atoms with van der Waals surface area (Å²) in [4.78, 5) is 2.30. The molecule has 0 atom stereocenters. The zero-order valence-corrected chi connectivity index (χ0v) is 9.96. The molecule has 0 saturated heterocycles. The first-order chi connectivity index (χ1) is 7.65. The largest absolute Gasteiger partial charge is 0.399 e. The number of nitrogens with two attached hydrogens (primary N) is 1. The maximum absolute atomic E-state index is 13.0. The summed E-state index contributed by atoms with van der Waals surface area (Å²) in [5.41, 5.74) is 6.74. The molecular formula is C12H20FN3. The Morgan fingerprint density at radius 2 is 1.94 bits per heavy atom. The van der Waals surface area contributed by atoms with Gasteiger partial charge in [0.25, 0.3) is 0 Å². The Hall–Kier alpha value is -1.29. The third-order valence-electron chi connectivity index (χ3n) is 2.57. The predicted octanol–water partition coefficient (Wildman–Crippen LogP) is 2.16. The van der Waals surface area contributed by atoms with Gasteiger partial charge in [0.05, 0.1) is 0 Å². The summed E-state index contributed by atoms with van der Waals surface area (Å²) in [6, 6.07) is 4.51. The standard InChI is InChI=1S/C12H20FN3/c1-3-16(4-2)6-5-15-12-8-10(13)7-11(14)9-12/h7-9,15H,3-6,14H2,1-2H3. The molecule has 0 unspecified atom stereocenters. The van der Waals surface area contributed by atoms with Gasteiger partial charge in [0, 0.05) is 24.5 Å². The van der Waals surface area contributed by atoms with E-state index in [-0.39, 0.29) is 5.82 Å². The molecule has 0 fully saturated rings. The Morgan fingerprint density at radius 1 is 1.25 bits per heavy atom. The molecule has 4 heteroatoms. The van der Waals surface area contributed by atoms with Gasteiger partial charge in [-0.1, -0.05) is 13.8 Å². The fourth-order valence-corrected chi connectivity index (χ4v) is 1.61. The Balaban J connectivity index is 2.42. The first-order valence-electron chi connectivity index (χ1n) is 5.68. The number of anilines is 2. The summed E-state index contributed by atoms with van der Waals surface area (Å²) in [6.07, 6.45) is 0. The van der Waals surface area contributed by atoms with Gasteiger partial charge in [-0.05, 0) is 31.3 Å². The van der Waals surface area contributed by atoms with Crippen molar-refractivity contribution in [3.05, 3.63) is 24.0 Å². The van der Waals surface area contributed by atoms with Gasteiger partial charge in [-0.25, -0.2) is 4.39 Å². The van der Waals surface area contributed by atoms with Crippen LogP contribution in [0.2, 0.25) is 0 Å². The quantitative estimate of drug-likeness (QED) is 0.729. The molecule has 0 aliphatic carbocycles. The third kappa shape index (κ3) is 4.06. The van der Waals surface area contributed by atoms with Crippen LogP contribution in [0.5, 0.6) is 0 Å². The van der Waals surface area contributed by atoms with Crippen molar-refractivity contribution in [2.24, 2.45) is 0 Å². The number of benzene rings is 1. The summed E-state index contributed by atoms with van der Waals surface area (Å²) >= 11 is 0. The lowest BCUT2D eigenvalue weighted by Gasteiger charge is -2.18. The second-order valence-electron chi connectivity index (χ2n) is 3.73. The van der Waals surface area contributed by atoms with Gasteiger partial charge in [-0.15, -0.1) is 0 Å². The number of hydrogen-bond donors (Lipinski definition) is 2. The predicted molar refractivity (Wildman–Crippen MR) is 67.1 cm³/mol. The normalized spacial score (nSPS) is 10.8. The summed E-state index contributed by atoms with van der Waals surface area (Å²) in [5.74, 6) is -0.301. The third-order valence-corrected chi connectivity index (χ3v) is 2.57. The van der Waals surface area contributed by atoms with E-state index in [2.05, 4.69) is 24.1 Å². The molecule has 0 aliphatic rings. The Morgan fingerprint density at radius 3 is 2.50 bits per heavy atom. The minimum absolute atomic E-state index is 0.301. The van der Waals surface area contributed by atoms with Gasteiger partial charge in [-0.3, -0.25) is 0 Å². The number of likely N-dealkylation sites (N-methyl/N-ethyl adjacent to an activating group) is 1. The van der Waals surface area contributed by atoms with Crippen LogP contribution < -0.4 is 11.1 Å². The van der Waals surface area contributed by atoms with Crippen LogP contribution in [-0.4, -0.2) is 31.1 Å². The van der Waals surface area contributed by atoms with Crippen LogP contribution in [0.15, 0.2) is 18.2 Å². The van der Waals surface area contributed by atoms with Gasteiger partial charge in [0.2, 0.25) is 0 Å². The number of nitrogens with zero attached hydrogens (tertiary/aromatic N) is 1. The van der Waals surface area contributed by atoms with E-state index in [9.17, 15) is 4.39 Å². The SMILES string of the molecule is CCN(CC)CCNc1cc(N)cc(F)c1. The van der Waals surface area contributed by atoms with E-state index in [0.717, 1.165) is 31.9 Å². The van der Waals surface area contributed by atoms with Gasteiger partial charge < -0.3 is 16.0 Å². The Kier molecular flexibility index (Phi) is 5.05. The highest BCUT2D eigenvalue weighted by Gasteiger charge is 2.00. The smallest absolute Gasteiger partial charge is 0.127 e. The van der Waals surface area contributed by atoms with E-state index < -0.39 is 0 Å². The average Bonchev–Trinajstić information content (AvgIpc) is 2.23. The Bertz CT molecular complexity index is 304. The van der Waals surface area contributed by atoms with Gasteiger partial charge in [0.1, 0.15) is 5.82 Å². The highest BCUT2D eigenvalue weighted by atomic mass is 19.1. The summed E-state index contributed by atoms with van der Waals surface area (Å²) in [5, 5.41) is 3.16. The second kappa shape index (κ2) is 6.33. The maximum Gasteiger partial charge on any atom is 0.127 e. The zero-order valence-electron chi connectivity index (χ0n) is 9.96. The molecular weight excluding hydrogens is 205 g/mol. The molecule has 16 heavy (non-hydrogen) atoms. The van der Waals surface area contributed by atoms with Crippen LogP contribution in [0.4, 0.5) is 15.8 Å². The average molecular weight is 225 g/mol. The molecule has 0 aliphatic heterocycles. The molecule has 1 aromatic rings. The van der Waals surface area contributed by atoms with E-state index in [4.69, 9.17) is 5.73 Å². The van der Waals surface area contributed by atoms with Crippen molar-refractivity contribution in [2.45, 2.75) is 13.8 Å². The molecule has 0 heterocycles. The number of hydrogen-bond acceptors (Lipinski definition) is 3. The van der Waals surface area contributed by atoms with Crippen molar-refractivity contribution in [3.63, 3.8) is 0 Å². The van der Waals surface area contributed by atoms with Crippen molar-refractivity contribution < 1.29 is 4.39 Å². The number of rotatable bonds is 6. The van der Waals surface area contributed by atoms with Crippen LogP contribution in [0, 0.1) is 5.82 Å². The van der Waals surface area contributed by atoms with Crippen LogP contribution in [0.25, 0.3) is 0 Å². The zero-order chi connectivity index (χ0) is 12.0. The van der Waals surface area contributed by atoms with Crippen LogP contribution in [0.3, 0.4) is 0 Å². The molecule has 0 bridgehead atoms. The lowest BCUT2D eigenvalue weighted by Crippen LogP contribution is -2.28. The van der Waals surface area contributed by atoms with Crippen LogP contribution in [0.1, 0.15) is 13.8 Å². The molecule has 1 rings (SSSR count). The van der Waals surface area contributed by atoms with Gasteiger partial charge in [0.15, 0.2) is 0 Å². The molecule has 1 aromatic carbocycles. The summed E-state index contributed by atoms with van der Waals surface area (Å²) < 4.78 is 13.0. The first kappa shape index (κ1) is 12.8. The molecule has 90 valence electrons. The maximum atomic E-state index is 13.0. The van der Waals surface area contributed by atoms with E-state index in [1.807, 2.05) is 0 Å². The van der Waals surface area contributed by atoms with Crippen molar-refractivity contribution >= 4 is 11.4 Å². The van der Waals surface area contributed by atoms with Crippen LogP contribution >= 0.6 is 0 Å². The summed E-state index contributed by atoms with van der Waals surface area (Å²) in [7, 11) is 0. The van der Waals surface area contributed by atoms with E-state index in [1.165, 1.54) is 12.1 Å². The number of nitrogen functional groups attached to an aromatic ring is 1. The van der Waals surface area contributed by atoms with E-state index in [1.54, 1.807) is 6.07 Å².